The first-order valence-electron chi connectivity index (χ1n) is 7.08. The predicted molar refractivity (Wildman–Crippen MR) is 92.1 cm³/mol. The second-order valence-electron chi connectivity index (χ2n) is 5.45. The van der Waals surface area contributed by atoms with Crippen LogP contribution in [0.2, 0.25) is 0 Å². The Morgan fingerprint density at radius 3 is 1.23 bits per heavy atom. The summed E-state index contributed by atoms with van der Waals surface area (Å²) in [5, 5.41) is 0. The highest BCUT2D eigenvalue weighted by molar-refractivity contribution is 9.10. The Morgan fingerprint density at radius 2 is 0.962 bits per heavy atom. The molecule has 0 saturated heterocycles. The zero-order valence-corrected chi connectivity index (χ0v) is 16.0. The molecule has 0 saturated carbocycles. The fourth-order valence-corrected chi connectivity index (χ4v) is 3.87. The van der Waals surface area contributed by atoms with Crippen LogP contribution >= 0.6 is 31.9 Å². The molecule has 0 bridgehead atoms. The van der Waals surface area contributed by atoms with Gasteiger partial charge in [0.2, 0.25) is 0 Å². The highest BCUT2D eigenvalue weighted by Gasteiger charge is 2.40. The van der Waals surface area contributed by atoms with Gasteiger partial charge in [-0.1, -0.05) is 44.0 Å². The van der Waals surface area contributed by atoms with Gasteiger partial charge in [-0.2, -0.15) is 26.3 Å². The van der Waals surface area contributed by atoms with Crippen molar-refractivity contribution in [2.24, 2.45) is 11.5 Å². The molecule has 0 aliphatic rings. The molecule has 2 unspecified atom stereocenters. The number of halogens is 8. The fraction of sp³-hybridized carbons (Fsp3) is 0.250. The lowest BCUT2D eigenvalue weighted by molar-refractivity contribution is -0.139. The molecular weight excluding hydrogens is 494 g/mol. The molecule has 2 nitrogen and oxygen atoms in total. The van der Waals surface area contributed by atoms with Crippen LogP contribution in [0, 0.1) is 0 Å². The average molecular weight is 506 g/mol. The van der Waals surface area contributed by atoms with Gasteiger partial charge in [-0.25, -0.2) is 0 Å². The van der Waals surface area contributed by atoms with E-state index in [0.29, 0.717) is 0 Å². The Bertz CT molecular complexity index is 737. The van der Waals surface area contributed by atoms with Crippen molar-refractivity contribution in [1.82, 2.24) is 0 Å². The topological polar surface area (TPSA) is 52.0 Å². The van der Waals surface area contributed by atoms with E-state index >= 15 is 0 Å². The van der Waals surface area contributed by atoms with E-state index in [1.165, 1.54) is 12.1 Å². The lowest BCUT2D eigenvalue weighted by Gasteiger charge is -2.27. The van der Waals surface area contributed by atoms with E-state index in [4.69, 9.17) is 11.5 Å². The van der Waals surface area contributed by atoms with Crippen molar-refractivity contribution in [1.29, 1.82) is 0 Å². The molecule has 2 aromatic carbocycles. The van der Waals surface area contributed by atoms with Crippen molar-refractivity contribution in [3.05, 3.63) is 67.6 Å². The molecule has 2 atom stereocenters. The summed E-state index contributed by atoms with van der Waals surface area (Å²) in [5.41, 5.74) is 8.88. The summed E-state index contributed by atoms with van der Waals surface area (Å²) in [5.74, 6) is 0. The van der Waals surface area contributed by atoms with Crippen molar-refractivity contribution in [2.75, 3.05) is 0 Å². The smallest absolute Gasteiger partial charge is 0.322 e. The monoisotopic (exact) mass is 504 g/mol. The van der Waals surface area contributed by atoms with Gasteiger partial charge in [0.05, 0.1) is 23.2 Å². The number of hydrogen-bond acceptors (Lipinski definition) is 2. The van der Waals surface area contributed by atoms with Gasteiger partial charge in [0.1, 0.15) is 0 Å². The molecule has 0 amide bonds. The molecule has 0 aromatic heterocycles. The Balaban J connectivity index is 2.63. The van der Waals surface area contributed by atoms with Gasteiger partial charge >= 0.3 is 12.4 Å². The zero-order chi connectivity index (χ0) is 19.9. The first kappa shape index (κ1) is 21.2. The van der Waals surface area contributed by atoms with Crippen molar-refractivity contribution in [2.45, 2.75) is 24.4 Å². The Kier molecular flexibility index (Phi) is 6.11. The van der Waals surface area contributed by atoms with Gasteiger partial charge in [-0.3, -0.25) is 0 Å². The molecule has 0 aliphatic carbocycles. The second kappa shape index (κ2) is 7.49. The van der Waals surface area contributed by atoms with Gasteiger partial charge in [0.25, 0.3) is 0 Å². The van der Waals surface area contributed by atoms with Crippen molar-refractivity contribution < 1.29 is 26.3 Å². The van der Waals surface area contributed by atoms with Crippen molar-refractivity contribution in [3.8, 4) is 0 Å². The molecule has 2 rings (SSSR count). The minimum absolute atomic E-state index is 0.0101. The van der Waals surface area contributed by atoms with Crippen LogP contribution in [-0.4, -0.2) is 0 Å². The third-order valence-corrected chi connectivity index (χ3v) is 5.15. The van der Waals surface area contributed by atoms with Crippen LogP contribution in [0.1, 0.15) is 34.3 Å². The highest BCUT2D eigenvalue weighted by atomic mass is 79.9. The van der Waals surface area contributed by atoms with Crippen LogP contribution in [0.3, 0.4) is 0 Å². The molecule has 0 radical (unpaired) electrons. The summed E-state index contributed by atoms with van der Waals surface area (Å²) in [4.78, 5) is 0. The quantitative estimate of drug-likeness (QED) is 0.506. The van der Waals surface area contributed by atoms with Crippen LogP contribution in [0.15, 0.2) is 45.3 Å². The van der Waals surface area contributed by atoms with Crippen LogP contribution in [0.4, 0.5) is 26.3 Å². The Morgan fingerprint density at radius 1 is 0.654 bits per heavy atom. The molecule has 0 fully saturated rings. The number of benzene rings is 2. The maximum absolute atomic E-state index is 13.3. The van der Waals surface area contributed by atoms with Crippen LogP contribution in [-0.2, 0) is 12.4 Å². The zero-order valence-electron chi connectivity index (χ0n) is 12.8. The first-order chi connectivity index (χ1) is 11.9. The normalized spacial score (nSPS) is 15.0. The molecule has 10 heteroatoms. The van der Waals surface area contributed by atoms with E-state index in [0.717, 1.165) is 24.3 Å². The minimum Gasteiger partial charge on any atom is -0.322 e. The van der Waals surface area contributed by atoms with Gasteiger partial charge in [0, 0.05) is 8.95 Å². The van der Waals surface area contributed by atoms with Crippen LogP contribution in [0.5, 0.6) is 0 Å². The van der Waals surface area contributed by atoms with E-state index in [1.54, 1.807) is 0 Å². The third kappa shape index (κ3) is 4.24. The lowest BCUT2D eigenvalue weighted by atomic mass is 9.89. The maximum atomic E-state index is 13.3. The van der Waals surface area contributed by atoms with E-state index in [9.17, 15) is 26.3 Å². The Hall–Kier alpha value is -1.10. The fourth-order valence-electron chi connectivity index (χ4n) is 2.61. The molecule has 2 aromatic rings. The summed E-state index contributed by atoms with van der Waals surface area (Å²) in [6.07, 6.45) is -9.48. The van der Waals surface area contributed by atoms with Gasteiger partial charge in [-0.15, -0.1) is 0 Å². The lowest BCUT2D eigenvalue weighted by Crippen LogP contribution is -2.31. The standard InChI is InChI=1S/C16H12Br2F6N2/c17-9-5-1-3-7(15(19,20)21)11(9)13(25)14(26)12-8(16(22,23)24)4-2-6-10(12)18/h1-6,13-14H,25-26H2. The molecule has 0 aliphatic heterocycles. The van der Waals surface area contributed by atoms with Crippen LogP contribution < -0.4 is 11.5 Å². The van der Waals surface area contributed by atoms with E-state index in [2.05, 4.69) is 31.9 Å². The van der Waals surface area contributed by atoms with Crippen molar-refractivity contribution >= 4 is 31.9 Å². The summed E-state index contributed by atoms with van der Waals surface area (Å²) in [6, 6.07) is 3.49. The molecule has 142 valence electrons. The molecule has 4 N–H and O–H groups in total. The summed E-state index contributed by atoms with van der Waals surface area (Å²) in [6.45, 7) is 0. The van der Waals surface area contributed by atoms with E-state index in [-0.39, 0.29) is 8.95 Å². The molecule has 0 heterocycles. The number of alkyl halides is 6. The van der Waals surface area contributed by atoms with E-state index in [1.807, 2.05) is 0 Å². The van der Waals surface area contributed by atoms with Gasteiger partial charge in [0.15, 0.2) is 0 Å². The molecule has 26 heavy (non-hydrogen) atoms. The second-order valence-corrected chi connectivity index (χ2v) is 7.16. The summed E-state index contributed by atoms with van der Waals surface area (Å²) in [7, 11) is 0. The highest BCUT2D eigenvalue weighted by Crippen LogP contribution is 2.44. The third-order valence-electron chi connectivity index (χ3n) is 3.77. The molecular formula is C16H12Br2F6N2. The number of nitrogens with two attached hydrogens (primary N) is 2. The SMILES string of the molecule is NC(c1c(Br)cccc1C(F)(F)F)C(N)c1c(Br)cccc1C(F)(F)F. The van der Waals surface area contributed by atoms with Gasteiger partial charge < -0.3 is 11.5 Å². The summed E-state index contributed by atoms with van der Waals surface area (Å²) >= 11 is 5.98. The van der Waals surface area contributed by atoms with Gasteiger partial charge in [-0.05, 0) is 35.4 Å². The Labute approximate surface area is 161 Å². The summed E-state index contributed by atoms with van der Waals surface area (Å²) < 4.78 is 79.8. The first-order valence-corrected chi connectivity index (χ1v) is 8.66. The number of rotatable bonds is 3. The van der Waals surface area contributed by atoms with E-state index < -0.39 is 46.7 Å². The predicted octanol–water partition coefficient (Wildman–Crippen LogP) is 5.95. The minimum atomic E-state index is -4.74. The number of hydrogen-bond donors (Lipinski definition) is 2. The maximum Gasteiger partial charge on any atom is 0.416 e. The average Bonchev–Trinajstić information content (AvgIpc) is 2.51. The van der Waals surface area contributed by atoms with Crippen LogP contribution in [0.25, 0.3) is 0 Å². The molecule has 0 spiro atoms. The van der Waals surface area contributed by atoms with Crippen molar-refractivity contribution in [3.63, 3.8) is 0 Å². The largest absolute Gasteiger partial charge is 0.416 e.